The normalized spacial score (nSPS) is 15.0. The minimum absolute atomic E-state index is 0.164. The van der Waals surface area contributed by atoms with Crippen LogP contribution in [0.1, 0.15) is 28.7 Å². The third-order valence-electron chi connectivity index (χ3n) is 4.79. The molecule has 0 bridgehead atoms. The van der Waals surface area contributed by atoms with Crippen molar-refractivity contribution < 1.29 is 4.79 Å². The second-order valence-corrected chi connectivity index (χ2v) is 7.18. The molecule has 1 aliphatic rings. The number of likely N-dealkylation sites (N-methyl/N-ethyl adjacent to an activating group) is 1. The predicted molar refractivity (Wildman–Crippen MR) is 109 cm³/mol. The van der Waals surface area contributed by atoms with Gasteiger partial charge >= 0.3 is 0 Å². The minimum atomic E-state index is -0.164. The molecular formula is C20H26ClN5O. The number of amides is 1. The number of carbonyl (C=O) groups excluding carboxylic acids is 1. The van der Waals surface area contributed by atoms with Gasteiger partial charge in [0, 0.05) is 43.4 Å². The molecule has 144 valence electrons. The molecule has 1 saturated heterocycles. The lowest BCUT2D eigenvalue weighted by atomic mass is 10.1. The molecule has 7 heteroatoms. The van der Waals surface area contributed by atoms with Crippen molar-refractivity contribution in [3.63, 3.8) is 0 Å². The molecule has 0 spiro atoms. The highest BCUT2D eigenvalue weighted by atomic mass is 35.5. The summed E-state index contributed by atoms with van der Waals surface area (Å²) >= 11 is 5.90. The number of nitrogens with one attached hydrogen (secondary N) is 1. The molecule has 1 aromatic carbocycles. The molecule has 1 aromatic heterocycles. The van der Waals surface area contributed by atoms with Crippen LogP contribution < -0.4 is 10.2 Å². The Morgan fingerprint density at radius 1 is 1.15 bits per heavy atom. The zero-order valence-electron chi connectivity index (χ0n) is 15.9. The molecule has 1 amide bonds. The molecule has 2 aromatic rings. The van der Waals surface area contributed by atoms with E-state index in [1.165, 1.54) is 0 Å². The first-order chi connectivity index (χ1) is 13.0. The van der Waals surface area contributed by atoms with E-state index in [0.29, 0.717) is 23.2 Å². The average molecular weight is 388 g/mol. The summed E-state index contributed by atoms with van der Waals surface area (Å²) < 4.78 is 0. The van der Waals surface area contributed by atoms with Crippen molar-refractivity contribution in [2.24, 2.45) is 0 Å². The Morgan fingerprint density at radius 2 is 1.85 bits per heavy atom. The molecule has 0 atom stereocenters. The van der Waals surface area contributed by atoms with Gasteiger partial charge in [0.2, 0.25) is 5.95 Å². The third-order valence-corrected chi connectivity index (χ3v) is 5.04. The summed E-state index contributed by atoms with van der Waals surface area (Å²) in [4.78, 5) is 26.1. The van der Waals surface area contributed by atoms with Gasteiger partial charge in [0.05, 0.1) is 0 Å². The average Bonchev–Trinajstić information content (AvgIpc) is 2.69. The summed E-state index contributed by atoms with van der Waals surface area (Å²) in [6.45, 7) is 9.44. The van der Waals surface area contributed by atoms with Crippen LogP contribution in [-0.2, 0) is 6.42 Å². The van der Waals surface area contributed by atoms with E-state index >= 15 is 0 Å². The van der Waals surface area contributed by atoms with Crippen LogP contribution in [0.5, 0.6) is 0 Å². The molecule has 1 fully saturated rings. The predicted octanol–water partition coefficient (Wildman–Crippen LogP) is 2.55. The number of benzene rings is 1. The minimum Gasteiger partial charge on any atom is -0.350 e. The van der Waals surface area contributed by atoms with Crippen molar-refractivity contribution in [1.82, 2.24) is 20.2 Å². The van der Waals surface area contributed by atoms with Gasteiger partial charge in [0.15, 0.2) is 0 Å². The molecule has 1 N–H and O–H groups in total. The first-order valence-corrected chi connectivity index (χ1v) is 9.78. The third kappa shape index (κ3) is 5.40. The maximum atomic E-state index is 12.5. The van der Waals surface area contributed by atoms with Crippen molar-refractivity contribution in [3.8, 4) is 0 Å². The Balaban J connectivity index is 1.59. The van der Waals surface area contributed by atoms with E-state index in [0.717, 1.165) is 50.4 Å². The van der Waals surface area contributed by atoms with Gasteiger partial charge < -0.3 is 15.1 Å². The van der Waals surface area contributed by atoms with Crippen molar-refractivity contribution in [2.45, 2.75) is 20.3 Å². The molecule has 1 aliphatic heterocycles. The van der Waals surface area contributed by atoms with E-state index in [-0.39, 0.29) is 5.91 Å². The van der Waals surface area contributed by atoms with Gasteiger partial charge in [-0.2, -0.15) is 0 Å². The van der Waals surface area contributed by atoms with Gasteiger partial charge in [-0.05, 0) is 43.7 Å². The zero-order valence-corrected chi connectivity index (χ0v) is 16.7. The van der Waals surface area contributed by atoms with Gasteiger partial charge in [-0.3, -0.25) is 4.79 Å². The van der Waals surface area contributed by atoms with Crippen LogP contribution in [0.3, 0.4) is 0 Å². The van der Waals surface area contributed by atoms with Crippen LogP contribution in [0, 0.1) is 6.92 Å². The second kappa shape index (κ2) is 9.15. The molecule has 0 saturated carbocycles. The molecule has 0 radical (unpaired) electrons. The lowest BCUT2D eigenvalue weighted by molar-refractivity contribution is 0.0949. The standard InChI is InChI=1S/C20H26ClN5O/c1-3-25-10-12-26(13-11-25)20-23-15(2)14-18(24-20)19(27)22-9-8-16-4-6-17(21)7-5-16/h4-7,14H,3,8-13H2,1-2H3,(H,22,27). The molecular weight excluding hydrogens is 362 g/mol. The summed E-state index contributed by atoms with van der Waals surface area (Å²) in [5.74, 6) is 0.483. The van der Waals surface area contributed by atoms with E-state index in [1.54, 1.807) is 6.07 Å². The molecule has 2 heterocycles. The maximum Gasteiger partial charge on any atom is 0.270 e. The van der Waals surface area contributed by atoms with Crippen LogP contribution in [0.4, 0.5) is 5.95 Å². The first kappa shape index (κ1) is 19.6. The van der Waals surface area contributed by atoms with Crippen molar-refractivity contribution in [1.29, 1.82) is 0 Å². The van der Waals surface area contributed by atoms with Gasteiger partial charge in [-0.1, -0.05) is 30.7 Å². The topological polar surface area (TPSA) is 61.4 Å². The monoisotopic (exact) mass is 387 g/mol. The van der Waals surface area contributed by atoms with E-state index < -0.39 is 0 Å². The van der Waals surface area contributed by atoms with Crippen molar-refractivity contribution in [2.75, 3.05) is 44.2 Å². The van der Waals surface area contributed by atoms with E-state index in [9.17, 15) is 4.79 Å². The Labute approximate surface area is 165 Å². The highest BCUT2D eigenvalue weighted by Crippen LogP contribution is 2.13. The van der Waals surface area contributed by atoms with E-state index in [2.05, 4.69) is 32.0 Å². The largest absolute Gasteiger partial charge is 0.350 e. The first-order valence-electron chi connectivity index (χ1n) is 9.41. The summed E-state index contributed by atoms with van der Waals surface area (Å²) in [6.07, 6.45) is 0.749. The number of aromatic nitrogens is 2. The summed E-state index contributed by atoms with van der Waals surface area (Å²) in [7, 11) is 0. The number of hydrogen-bond donors (Lipinski definition) is 1. The smallest absolute Gasteiger partial charge is 0.270 e. The fourth-order valence-electron chi connectivity index (χ4n) is 3.14. The number of hydrogen-bond acceptors (Lipinski definition) is 5. The number of aryl methyl sites for hydroxylation is 1. The zero-order chi connectivity index (χ0) is 19.2. The number of carbonyl (C=O) groups is 1. The highest BCUT2D eigenvalue weighted by molar-refractivity contribution is 6.30. The van der Waals surface area contributed by atoms with Crippen molar-refractivity contribution in [3.05, 3.63) is 52.3 Å². The Bertz CT molecular complexity index is 772. The molecule has 0 unspecified atom stereocenters. The van der Waals surface area contributed by atoms with Crippen LogP contribution in [0.2, 0.25) is 5.02 Å². The highest BCUT2D eigenvalue weighted by Gasteiger charge is 2.19. The van der Waals surface area contributed by atoms with E-state index in [1.807, 2.05) is 31.2 Å². The maximum absolute atomic E-state index is 12.5. The Hall–Kier alpha value is -2.18. The fourth-order valence-corrected chi connectivity index (χ4v) is 3.26. The number of halogens is 1. The Kier molecular flexibility index (Phi) is 6.63. The van der Waals surface area contributed by atoms with Crippen molar-refractivity contribution >= 4 is 23.5 Å². The van der Waals surface area contributed by atoms with Crippen LogP contribution >= 0.6 is 11.6 Å². The van der Waals surface area contributed by atoms with Crippen LogP contribution in [0.15, 0.2) is 30.3 Å². The second-order valence-electron chi connectivity index (χ2n) is 6.75. The fraction of sp³-hybridized carbons (Fsp3) is 0.450. The molecule has 3 rings (SSSR count). The van der Waals surface area contributed by atoms with Gasteiger partial charge in [0.25, 0.3) is 5.91 Å². The number of rotatable bonds is 6. The van der Waals surface area contributed by atoms with Gasteiger partial charge in [0.1, 0.15) is 5.69 Å². The van der Waals surface area contributed by atoms with Crippen LogP contribution in [0.25, 0.3) is 0 Å². The van der Waals surface area contributed by atoms with E-state index in [4.69, 9.17) is 11.6 Å². The van der Waals surface area contributed by atoms with Gasteiger partial charge in [-0.15, -0.1) is 0 Å². The van der Waals surface area contributed by atoms with Gasteiger partial charge in [-0.25, -0.2) is 9.97 Å². The number of piperazine rings is 1. The lowest BCUT2D eigenvalue weighted by Gasteiger charge is -2.34. The van der Waals surface area contributed by atoms with Crippen LogP contribution in [-0.4, -0.2) is 60.0 Å². The molecule has 6 nitrogen and oxygen atoms in total. The quantitative estimate of drug-likeness (QED) is 0.825. The SMILES string of the molecule is CCN1CCN(c2nc(C)cc(C(=O)NCCc3ccc(Cl)cc3)n2)CC1. The molecule has 0 aliphatic carbocycles. The summed E-state index contributed by atoms with van der Waals surface area (Å²) in [6, 6.07) is 9.40. The number of nitrogens with zero attached hydrogens (tertiary/aromatic N) is 4. The summed E-state index contributed by atoms with van der Waals surface area (Å²) in [5, 5.41) is 3.66. The molecule has 27 heavy (non-hydrogen) atoms. The number of anilines is 1. The Morgan fingerprint density at radius 3 is 2.52 bits per heavy atom. The lowest BCUT2D eigenvalue weighted by Crippen LogP contribution is -2.47. The summed E-state index contributed by atoms with van der Waals surface area (Å²) in [5.41, 5.74) is 2.36.